The fourth-order valence-corrected chi connectivity index (χ4v) is 2.13. The van der Waals surface area contributed by atoms with Gasteiger partial charge in [-0.3, -0.25) is 19.5 Å². The maximum Gasteiger partial charge on any atom is 0.268 e. The van der Waals surface area contributed by atoms with E-state index in [4.69, 9.17) is 0 Å². The number of Topliss-reactive ketones (excluding diaryl/α,β-unsaturated/α-hetero) is 1. The van der Waals surface area contributed by atoms with Crippen molar-refractivity contribution in [1.29, 1.82) is 0 Å². The number of carbonyl (C=O) groups is 1. The van der Waals surface area contributed by atoms with Crippen LogP contribution in [0.25, 0.3) is 0 Å². The van der Waals surface area contributed by atoms with Gasteiger partial charge in [-0.2, -0.15) is 0 Å². The summed E-state index contributed by atoms with van der Waals surface area (Å²) in [4.78, 5) is 35.8. The predicted octanol–water partition coefficient (Wildman–Crippen LogP) is 1.64. The molecule has 0 saturated carbocycles. The summed E-state index contributed by atoms with van der Waals surface area (Å²) in [6.07, 6.45) is 0. The van der Waals surface area contributed by atoms with Crippen LogP contribution in [0.15, 0.2) is 33.9 Å². The van der Waals surface area contributed by atoms with Crippen molar-refractivity contribution in [3.8, 4) is 0 Å². The molecule has 0 spiro atoms. The van der Waals surface area contributed by atoms with Crippen molar-refractivity contribution in [1.82, 2.24) is 9.78 Å². The average molecular weight is 384 g/mol. The van der Waals surface area contributed by atoms with Crippen LogP contribution in [-0.2, 0) is 6.54 Å². The molecule has 0 aliphatic heterocycles. The third-order valence-electron chi connectivity index (χ3n) is 3.17. The molecule has 0 atom stereocenters. The highest BCUT2D eigenvalue weighted by Gasteiger charge is 2.11. The van der Waals surface area contributed by atoms with Crippen molar-refractivity contribution >= 4 is 28.4 Å². The number of carbonyl (C=O) groups excluding carboxylic acids is 1. The van der Waals surface area contributed by atoms with Gasteiger partial charge >= 0.3 is 0 Å². The lowest BCUT2D eigenvalue weighted by molar-refractivity contribution is 0.0965. The number of benzene rings is 1. The van der Waals surface area contributed by atoms with Crippen molar-refractivity contribution < 1.29 is 4.79 Å². The highest BCUT2D eigenvalue weighted by Crippen LogP contribution is 2.07. The van der Waals surface area contributed by atoms with Gasteiger partial charge in [-0.15, -0.1) is 0 Å². The summed E-state index contributed by atoms with van der Waals surface area (Å²) >= 11 is 2.15. The fraction of sp³-hybridized carbons (Fsp3) is 0.214. The molecule has 2 rings (SSSR count). The van der Waals surface area contributed by atoms with E-state index in [0.717, 1.165) is 8.25 Å². The summed E-state index contributed by atoms with van der Waals surface area (Å²) in [6.45, 7) is 3.00. The number of halogens is 1. The van der Waals surface area contributed by atoms with Gasteiger partial charge in [0, 0.05) is 20.3 Å². The van der Waals surface area contributed by atoms with Crippen LogP contribution in [0.5, 0.6) is 0 Å². The zero-order valence-corrected chi connectivity index (χ0v) is 13.2. The summed E-state index contributed by atoms with van der Waals surface area (Å²) in [5, 5.41) is 2.42. The molecular formula is C14H13IN2O3. The Labute approximate surface area is 128 Å². The second kappa shape index (κ2) is 5.74. The topological polar surface area (TPSA) is 71.9 Å². The van der Waals surface area contributed by atoms with Crippen LogP contribution in [0.3, 0.4) is 0 Å². The number of nitrogens with one attached hydrogen (secondary N) is 1. The van der Waals surface area contributed by atoms with E-state index < -0.39 is 0 Å². The maximum absolute atomic E-state index is 12.1. The third kappa shape index (κ3) is 2.90. The molecule has 1 N–H and O–H groups in total. The minimum Gasteiger partial charge on any atom is -0.292 e. The van der Waals surface area contributed by atoms with Gasteiger partial charge in [0.1, 0.15) is 6.54 Å². The lowest BCUT2D eigenvalue weighted by atomic mass is 10.1. The highest BCUT2D eigenvalue weighted by atomic mass is 127. The number of aromatic amines is 1. The number of aromatic nitrogens is 2. The molecule has 1 aromatic heterocycles. The monoisotopic (exact) mass is 384 g/mol. The zero-order chi connectivity index (χ0) is 14.9. The zero-order valence-electron chi connectivity index (χ0n) is 11.1. The van der Waals surface area contributed by atoms with Crippen molar-refractivity contribution in [2.24, 2.45) is 0 Å². The van der Waals surface area contributed by atoms with E-state index in [1.165, 1.54) is 0 Å². The Morgan fingerprint density at radius 1 is 1.15 bits per heavy atom. The molecule has 5 nitrogen and oxygen atoms in total. The number of hydrogen-bond acceptors (Lipinski definition) is 3. The highest BCUT2D eigenvalue weighted by molar-refractivity contribution is 14.1. The number of hydrogen-bond donors (Lipinski definition) is 1. The molecule has 6 heteroatoms. The lowest BCUT2D eigenvalue weighted by Crippen LogP contribution is -2.35. The van der Waals surface area contributed by atoms with Crippen LogP contribution in [0.2, 0.25) is 0 Å². The van der Waals surface area contributed by atoms with E-state index in [1.54, 1.807) is 26.0 Å². The summed E-state index contributed by atoms with van der Waals surface area (Å²) < 4.78 is 2.08. The SMILES string of the molecule is Cc1c(C)c(=O)n(CC(=O)c2ccc(I)cc2)[nH]c1=O. The Morgan fingerprint density at radius 2 is 1.75 bits per heavy atom. The van der Waals surface area contributed by atoms with E-state index in [-0.39, 0.29) is 23.4 Å². The van der Waals surface area contributed by atoms with E-state index >= 15 is 0 Å². The molecule has 2 aromatic rings. The Hall–Kier alpha value is -1.70. The first-order valence-electron chi connectivity index (χ1n) is 5.99. The van der Waals surface area contributed by atoms with Crippen LogP contribution < -0.4 is 11.1 Å². The molecule has 0 amide bonds. The second-order valence-electron chi connectivity index (χ2n) is 4.51. The Bertz CT molecular complexity index is 772. The molecule has 0 aliphatic carbocycles. The van der Waals surface area contributed by atoms with Gasteiger partial charge in [0.15, 0.2) is 5.78 Å². The molecule has 1 aromatic carbocycles. The molecule has 0 bridgehead atoms. The van der Waals surface area contributed by atoms with Crippen LogP contribution in [0.1, 0.15) is 21.5 Å². The van der Waals surface area contributed by atoms with Crippen molar-refractivity contribution in [3.05, 3.63) is 65.2 Å². The van der Waals surface area contributed by atoms with Crippen molar-refractivity contribution in [3.63, 3.8) is 0 Å². The lowest BCUT2D eigenvalue weighted by Gasteiger charge is -2.07. The van der Waals surface area contributed by atoms with Crippen LogP contribution in [0.4, 0.5) is 0 Å². The van der Waals surface area contributed by atoms with E-state index in [0.29, 0.717) is 16.7 Å². The third-order valence-corrected chi connectivity index (χ3v) is 3.89. The Balaban J connectivity index is 2.36. The quantitative estimate of drug-likeness (QED) is 0.646. The molecule has 0 radical (unpaired) electrons. The van der Waals surface area contributed by atoms with Gasteiger partial charge < -0.3 is 0 Å². The van der Waals surface area contributed by atoms with Crippen LogP contribution >= 0.6 is 22.6 Å². The van der Waals surface area contributed by atoms with Gasteiger partial charge in [0.05, 0.1) is 0 Å². The molecule has 0 saturated heterocycles. The predicted molar refractivity (Wildman–Crippen MR) is 84.3 cm³/mol. The first kappa shape index (κ1) is 14.7. The van der Waals surface area contributed by atoms with Gasteiger partial charge in [-0.1, -0.05) is 12.1 Å². The summed E-state index contributed by atoms with van der Waals surface area (Å²) in [5.41, 5.74) is 0.562. The van der Waals surface area contributed by atoms with Crippen LogP contribution in [0, 0.1) is 17.4 Å². The first-order chi connectivity index (χ1) is 9.40. The smallest absolute Gasteiger partial charge is 0.268 e. The van der Waals surface area contributed by atoms with Gasteiger partial charge in [-0.05, 0) is 48.6 Å². The van der Waals surface area contributed by atoms with E-state index in [9.17, 15) is 14.4 Å². The van der Waals surface area contributed by atoms with E-state index in [1.807, 2.05) is 12.1 Å². The average Bonchev–Trinajstić information content (AvgIpc) is 2.43. The summed E-state index contributed by atoms with van der Waals surface area (Å²) in [6, 6.07) is 7.04. The van der Waals surface area contributed by atoms with Crippen LogP contribution in [-0.4, -0.2) is 15.6 Å². The Kier molecular flexibility index (Phi) is 4.22. The number of rotatable bonds is 3. The Morgan fingerprint density at radius 3 is 2.35 bits per heavy atom. The molecule has 0 fully saturated rings. The van der Waals surface area contributed by atoms with Gasteiger partial charge in [-0.25, -0.2) is 4.68 Å². The molecule has 1 heterocycles. The number of nitrogens with zero attached hydrogens (tertiary/aromatic N) is 1. The van der Waals surface area contributed by atoms with Gasteiger partial charge in [0.2, 0.25) is 0 Å². The molecule has 20 heavy (non-hydrogen) atoms. The fourth-order valence-electron chi connectivity index (χ4n) is 1.77. The maximum atomic E-state index is 12.1. The number of H-pyrrole nitrogens is 1. The molecule has 0 unspecified atom stereocenters. The summed E-state index contributed by atoms with van der Waals surface area (Å²) in [5.74, 6) is -0.220. The minimum absolute atomic E-state index is 0.171. The molecular weight excluding hydrogens is 371 g/mol. The number of ketones is 1. The summed E-state index contributed by atoms with van der Waals surface area (Å²) in [7, 11) is 0. The normalized spacial score (nSPS) is 10.6. The second-order valence-corrected chi connectivity index (χ2v) is 5.76. The minimum atomic E-state index is -0.350. The standard InChI is InChI=1S/C14H13IN2O3/c1-8-9(2)14(20)17(16-13(8)19)7-12(18)10-3-5-11(15)6-4-10/h3-6H,7H2,1-2H3,(H,16,19). The van der Waals surface area contributed by atoms with Crippen molar-refractivity contribution in [2.45, 2.75) is 20.4 Å². The van der Waals surface area contributed by atoms with Crippen molar-refractivity contribution in [2.75, 3.05) is 0 Å². The van der Waals surface area contributed by atoms with E-state index in [2.05, 4.69) is 27.7 Å². The molecule has 0 aliphatic rings. The van der Waals surface area contributed by atoms with Gasteiger partial charge in [0.25, 0.3) is 11.1 Å². The largest absolute Gasteiger partial charge is 0.292 e. The molecule has 104 valence electrons. The first-order valence-corrected chi connectivity index (χ1v) is 7.07.